The zero-order chi connectivity index (χ0) is 33.2. The number of hydrogen-bond acceptors (Lipinski definition) is 3. The number of methoxy groups -OCH3 is 1. The summed E-state index contributed by atoms with van der Waals surface area (Å²) >= 11 is 0. The van der Waals surface area contributed by atoms with E-state index in [1.54, 1.807) is 13.8 Å². The first-order valence-electron chi connectivity index (χ1n) is 13.4. The first kappa shape index (κ1) is 32.2. The molecule has 4 nitrogen and oxygen atoms in total. The number of ether oxygens (including phenoxy) is 2. The van der Waals surface area contributed by atoms with E-state index in [1.165, 1.54) is 25.3 Å². The number of hydrogen-bond donors (Lipinski definition) is 0. The van der Waals surface area contributed by atoms with Crippen molar-refractivity contribution in [2.75, 3.05) is 7.11 Å². The van der Waals surface area contributed by atoms with E-state index in [4.69, 9.17) is 9.47 Å². The van der Waals surface area contributed by atoms with Gasteiger partial charge in [0.25, 0.3) is 0 Å². The Bertz CT molecular complexity index is 1640. The number of benzene rings is 3. The lowest BCUT2D eigenvalue weighted by Gasteiger charge is -2.27. The summed E-state index contributed by atoms with van der Waals surface area (Å²) < 4.78 is 148. The summed E-state index contributed by atoms with van der Waals surface area (Å²) in [6.07, 6.45) is -15.4. The van der Waals surface area contributed by atoms with Crippen molar-refractivity contribution in [3.63, 3.8) is 0 Å². The monoisotopic (exact) mass is 647 g/mol. The molecule has 3 atom stereocenters. The first-order chi connectivity index (χ1) is 20.8. The minimum Gasteiger partial charge on any atom is -0.496 e. The fraction of sp³-hybridized carbons (Fsp3) is 0.323. The molecule has 0 spiro atoms. The second-order valence-corrected chi connectivity index (χ2v) is 10.9. The van der Waals surface area contributed by atoms with E-state index >= 15 is 0 Å². The summed E-state index contributed by atoms with van der Waals surface area (Å²) in [7, 11) is 1.23. The molecule has 0 saturated carbocycles. The maximum absolute atomic E-state index is 14.8. The van der Waals surface area contributed by atoms with Gasteiger partial charge in [-0.3, -0.25) is 4.90 Å². The summed E-state index contributed by atoms with van der Waals surface area (Å²) in [5, 5.41) is 0. The number of alkyl halides is 9. The number of cyclic esters (lactones) is 1. The lowest BCUT2D eigenvalue weighted by Crippen LogP contribution is -2.32. The van der Waals surface area contributed by atoms with Crippen LogP contribution in [0, 0.1) is 5.82 Å². The molecule has 2 heterocycles. The van der Waals surface area contributed by atoms with Crippen molar-refractivity contribution in [3.8, 4) is 16.9 Å². The van der Waals surface area contributed by atoms with Gasteiger partial charge < -0.3 is 9.47 Å². The molecule has 0 unspecified atom stereocenters. The largest absolute Gasteiger partial charge is 0.496 e. The van der Waals surface area contributed by atoms with Crippen molar-refractivity contribution in [1.29, 1.82) is 0 Å². The van der Waals surface area contributed by atoms with Gasteiger partial charge in [-0.2, -0.15) is 39.5 Å². The molecule has 0 radical (unpaired) electrons. The Kier molecular flexibility index (Phi) is 7.85. The lowest BCUT2D eigenvalue weighted by molar-refractivity contribution is -0.143. The summed E-state index contributed by atoms with van der Waals surface area (Å²) in [4.78, 5) is 14.1. The number of fused-ring (bicyclic) bond motifs is 1. The molecule has 14 heteroatoms. The summed E-state index contributed by atoms with van der Waals surface area (Å²) in [6, 6.07) is 3.41. The zero-order valence-electron chi connectivity index (χ0n) is 23.5. The maximum Gasteiger partial charge on any atom is 0.416 e. The maximum atomic E-state index is 14.8. The van der Waals surface area contributed by atoms with Crippen molar-refractivity contribution in [2.24, 2.45) is 0 Å². The average molecular weight is 648 g/mol. The lowest BCUT2D eigenvalue weighted by atomic mass is 9.89. The smallest absolute Gasteiger partial charge is 0.416 e. The molecule has 45 heavy (non-hydrogen) atoms. The average Bonchev–Trinajstić information content (AvgIpc) is 3.52. The summed E-state index contributed by atoms with van der Waals surface area (Å²) in [5.41, 5.74) is -4.51. The minimum absolute atomic E-state index is 0.0260. The highest BCUT2D eigenvalue weighted by Crippen LogP contribution is 2.49. The van der Waals surface area contributed by atoms with Crippen LogP contribution in [0.25, 0.3) is 11.1 Å². The van der Waals surface area contributed by atoms with Crippen LogP contribution in [0.15, 0.2) is 60.7 Å². The highest BCUT2D eigenvalue weighted by atomic mass is 19.4. The molecule has 0 N–H and O–H groups in total. The van der Waals surface area contributed by atoms with E-state index in [9.17, 15) is 48.7 Å². The Morgan fingerprint density at radius 1 is 0.778 bits per heavy atom. The highest BCUT2D eigenvalue weighted by Gasteiger charge is 2.49. The Morgan fingerprint density at radius 3 is 1.91 bits per heavy atom. The first-order valence-corrected chi connectivity index (χ1v) is 13.4. The van der Waals surface area contributed by atoms with Gasteiger partial charge in [-0.15, -0.1) is 0 Å². The van der Waals surface area contributed by atoms with Crippen LogP contribution in [0.1, 0.15) is 65.3 Å². The van der Waals surface area contributed by atoms with Crippen molar-refractivity contribution in [3.05, 3.63) is 99.9 Å². The summed E-state index contributed by atoms with van der Waals surface area (Å²) in [5.74, 6) is -0.987. The van der Waals surface area contributed by atoms with Gasteiger partial charge in [0.15, 0.2) is 6.10 Å². The van der Waals surface area contributed by atoms with Crippen molar-refractivity contribution >= 4 is 6.09 Å². The number of rotatable bonds is 5. The predicted octanol–water partition coefficient (Wildman–Crippen LogP) is 9.85. The van der Waals surface area contributed by atoms with Gasteiger partial charge in [-0.05, 0) is 64.6 Å². The number of carbonyl (C=O) groups excluding carboxylic acids is 1. The van der Waals surface area contributed by atoms with Gasteiger partial charge in [0.2, 0.25) is 0 Å². The van der Waals surface area contributed by atoms with Gasteiger partial charge in [-0.25, -0.2) is 9.18 Å². The second kappa shape index (κ2) is 11.0. The molecular weight excluding hydrogens is 624 g/mol. The molecular formula is C31H23F10NO3. The van der Waals surface area contributed by atoms with E-state index in [-0.39, 0.29) is 40.0 Å². The van der Waals surface area contributed by atoms with E-state index in [1.807, 2.05) is 0 Å². The number of halogens is 10. The van der Waals surface area contributed by atoms with Gasteiger partial charge in [0.1, 0.15) is 11.6 Å². The second-order valence-electron chi connectivity index (χ2n) is 10.9. The molecule has 5 rings (SSSR count). The molecule has 1 amide bonds. The molecule has 1 fully saturated rings. The quantitative estimate of drug-likeness (QED) is 0.205. The van der Waals surface area contributed by atoms with Crippen molar-refractivity contribution in [1.82, 2.24) is 4.90 Å². The molecule has 2 aliphatic rings. The molecule has 3 aromatic carbocycles. The van der Waals surface area contributed by atoms with Gasteiger partial charge in [0, 0.05) is 11.6 Å². The van der Waals surface area contributed by atoms with Crippen LogP contribution in [0.3, 0.4) is 0 Å². The van der Waals surface area contributed by atoms with Crippen molar-refractivity contribution < 1.29 is 58.2 Å². The third-order valence-electron chi connectivity index (χ3n) is 7.73. The van der Waals surface area contributed by atoms with Crippen molar-refractivity contribution in [2.45, 2.75) is 56.5 Å². The van der Waals surface area contributed by atoms with Crippen LogP contribution in [-0.2, 0) is 23.3 Å². The van der Waals surface area contributed by atoms with Crippen LogP contribution in [0.5, 0.6) is 5.75 Å². The third kappa shape index (κ3) is 5.94. The minimum atomic E-state index is -5.16. The van der Waals surface area contributed by atoms with Gasteiger partial charge in [-0.1, -0.05) is 32.1 Å². The van der Waals surface area contributed by atoms with Crippen LogP contribution < -0.4 is 4.74 Å². The molecule has 0 aliphatic carbocycles. The van der Waals surface area contributed by atoms with Gasteiger partial charge >= 0.3 is 24.6 Å². The number of amides is 1. The topological polar surface area (TPSA) is 38.8 Å². The Balaban J connectivity index is 1.64. The molecule has 1 saturated heterocycles. The Labute approximate surface area is 249 Å². The number of nitrogens with zero attached hydrogens (tertiary/aromatic N) is 1. The fourth-order valence-electron chi connectivity index (χ4n) is 5.60. The molecule has 0 bridgehead atoms. The molecule has 3 aromatic rings. The molecule has 2 aliphatic heterocycles. The van der Waals surface area contributed by atoms with E-state index < -0.39 is 70.9 Å². The third-order valence-corrected chi connectivity index (χ3v) is 7.73. The number of carbonyl (C=O) groups is 1. The Hall–Kier alpha value is -4.23. The predicted molar refractivity (Wildman–Crippen MR) is 141 cm³/mol. The van der Waals surface area contributed by atoms with E-state index in [0.29, 0.717) is 12.1 Å². The van der Waals surface area contributed by atoms with Crippen LogP contribution in [-0.4, -0.2) is 24.1 Å². The highest BCUT2D eigenvalue weighted by molar-refractivity contribution is 5.79. The van der Waals surface area contributed by atoms with Crippen LogP contribution in [0.2, 0.25) is 0 Å². The summed E-state index contributed by atoms with van der Waals surface area (Å²) in [6.45, 7) is 3.40. The fourth-order valence-corrected chi connectivity index (χ4v) is 5.60. The SMILES string of the molecule is COc1cc(F)c(C(C)C)cc1-c1ccc(C(F)(F)F)cc1[C@@H]1C=C[C@H]2[C@@H](c3cc(C(F)(F)F)cc(C(F)(F)F)c3)OC(=O)N12. The molecule has 0 aromatic heterocycles. The van der Waals surface area contributed by atoms with Gasteiger partial charge in [0.05, 0.1) is 35.9 Å². The molecule has 240 valence electrons. The normalized spacial score (nSPS) is 20.2. The Morgan fingerprint density at radius 2 is 1.38 bits per heavy atom. The zero-order valence-corrected chi connectivity index (χ0v) is 23.5. The van der Waals surface area contributed by atoms with E-state index in [2.05, 4.69) is 0 Å². The van der Waals surface area contributed by atoms with Crippen LogP contribution >= 0.6 is 0 Å². The van der Waals surface area contributed by atoms with E-state index in [0.717, 1.165) is 29.2 Å². The van der Waals surface area contributed by atoms with Crippen LogP contribution in [0.4, 0.5) is 48.7 Å². The standard InChI is InChI=1S/C31H23F10NO3/c1-14(2)20-12-22(26(44-3)13-23(20)32)19-5-4-16(29(33,34)35)11-21(19)24-6-7-25-27(45-28(43)42(24)25)15-8-17(30(36,37)38)10-18(9-15)31(39,40)41/h4-14,24-25,27H,1-3H3/t24-,25-,27+/m0/s1.